The highest BCUT2D eigenvalue weighted by atomic mass is 35.5. The average molecular weight is 492 g/mol. The molecule has 2 aromatic heterocycles. The van der Waals surface area contributed by atoms with Crippen LogP contribution in [0, 0.1) is 11.3 Å². The zero-order valence-corrected chi connectivity index (χ0v) is 18.4. The van der Waals surface area contributed by atoms with E-state index in [2.05, 4.69) is 10.3 Å². The Balaban J connectivity index is 1.40. The van der Waals surface area contributed by atoms with E-state index in [9.17, 15) is 26.7 Å². The molecule has 3 fully saturated rings. The van der Waals surface area contributed by atoms with Crippen LogP contribution in [0.1, 0.15) is 60.3 Å². The lowest BCUT2D eigenvalue weighted by molar-refractivity contribution is -0.165. The number of hydrogen-bond donors (Lipinski definition) is 1. The van der Waals surface area contributed by atoms with E-state index < -0.39 is 23.7 Å². The zero-order chi connectivity index (χ0) is 23.6. The Kier molecular flexibility index (Phi) is 5.39. The van der Waals surface area contributed by atoms with Crippen molar-refractivity contribution in [3.63, 3.8) is 0 Å². The zero-order valence-electron chi connectivity index (χ0n) is 17.7. The Bertz CT molecular complexity index is 1080. The smallest absolute Gasteiger partial charge is 0.380 e. The SMILES string of the molecule is O=C(NC1CC2(COC2)C1)c1cc2nc(C(F)(F)F)c(CC3CCC(F)(F)CC3)n2cc1Cl. The van der Waals surface area contributed by atoms with Crippen LogP contribution in [-0.2, 0) is 17.3 Å². The van der Waals surface area contributed by atoms with Crippen LogP contribution in [0.3, 0.4) is 0 Å². The molecule has 1 amide bonds. The lowest BCUT2D eigenvalue weighted by Gasteiger charge is -2.53. The molecule has 3 aliphatic rings. The van der Waals surface area contributed by atoms with Crippen LogP contribution < -0.4 is 5.32 Å². The summed E-state index contributed by atoms with van der Waals surface area (Å²) >= 11 is 6.30. The molecular weight excluding hydrogens is 469 g/mol. The van der Waals surface area contributed by atoms with Gasteiger partial charge in [-0.3, -0.25) is 4.79 Å². The summed E-state index contributed by atoms with van der Waals surface area (Å²) < 4.78 is 74.6. The third-order valence-corrected chi connectivity index (χ3v) is 7.45. The van der Waals surface area contributed by atoms with Gasteiger partial charge in [-0.25, -0.2) is 13.8 Å². The van der Waals surface area contributed by atoms with E-state index in [1.165, 1.54) is 16.7 Å². The fraction of sp³-hybridized carbons (Fsp3) is 0.636. The van der Waals surface area contributed by atoms with E-state index in [-0.39, 0.29) is 71.4 Å². The van der Waals surface area contributed by atoms with Gasteiger partial charge in [0.2, 0.25) is 5.92 Å². The van der Waals surface area contributed by atoms with Crippen molar-refractivity contribution in [3.8, 4) is 0 Å². The topological polar surface area (TPSA) is 55.6 Å². The normalized spacial score (nSPS) is 22.8. The second-order valence-corrected chi connectivity index (χ2v) is 10.2. The molecule has 1 spiro atoms. The molecule has 2 saturated carbocycles. The fourth-order valence-corrected chi connectivity index (χ4v) is 5.50. The number of ether oxygens (including phenoxy) is 1. The number of halogens is 6. The van der Waals surface area contributed by atoms with Gasteiger partial charge in [0.25, 0.3) is 5.91 Å². The molecule has 5 rings (SSSR count). The van der Waals surface area contributed by atoms with Crippen molar-refractivity contribution in [1.29, 1.82) is 0 Å². The lowest BCUT2D eigenvalue weighted by atomic mass is 9.64. The number of amides is 1. The monoisotopic (exact) mass is 491 g/mol. The van der Waals surface area contributed by atoms with Gasteiger partial charge in [-0.1, -0.05) is 11.6 Å². The van der Waals surface area contributed by atoms with Crippen molar-refractivity contribution in [1.82, 2.24) is 14.7 Å². The van der Waals surface area contributed by atoms with Gasteiger partial charge in [-0.15, -0.1) is 0 Å². The molecular formula is C22H23ClF5N3O2. The molecule has 3 heterocycles. The quantitative estimate of drug-likeness (QED) is 0.592. The lowest BCUT2D eigenvalue weighted by Crippen LogP contribution is -2.59. The summed E-state index contributed by atoms with van der Waals surface area (Å²) in [6, 6.07) is 1.23. The summed E-state index contributed by atoms with van der Waals surface area (Å²) in [6.07, 6.45) is -2.30. The van der Waals surface area contributed by atoms with Crippen LogP contribution in [-0.4, -0.2) is 40.5 Å². The molecule has 1 N–H and O–H groups in total. The second-order valence-electron chi connectivity index (χ2n) is 9.74. The molecule has 2 aliphatic carbocycles. The van der Waals surface area contributed by atoms with Crippen LogP contribution in [0.15, 0.2) is 12.3 Å². The third kappa shape index (κ3) is 4.32. The molecule has 11 heteroatoms. The maximum atomic E-state index is 13.7. The van der Waals surface area contributed by atoms with Gasteiger partial charge in [0, 0.05) is 30.5 Å². The summed E-state index contributed by atoms with van der Waals surface area (Å²) in [5.41, 5.74) is -1.04. The highest BCUT2D eigenvalue weighted by Crippen LogP contribution is 2.47. The van der Waals surface area contributed by atoms with Crippen LogP contribution >= 0.6 is 11.6 Å². The van der Waals surface area contributed by atoms with E-state index >= 15 is 0 Å². The first-order valence-electron chi connectivity index (χ1n) is 11.0. The predicted molar refractivity (Wildman–Crippen MR) is 110 cm³/mol. The summed E-state index contributed by atoms with van der Waals surface area (Å²) in [5, 5.41) is 2.88. The maximum Gasteiger partial charge on any atom is 0.435 e. The van der Waals surface area contributed by atoms with Gasteiger partial charge in [-0.05, 0) is 44.1 Å². The van der Waals surface area contributed by atoms with Gasteiger partial charge in [0.1, 0.15) is 5.65 Å². The Morgan fingerprint density at radius 1 is 1.24 bits per heavy atom. The largest absolute Gasteiger partial charge is 0.435 e. The van der Waals surface area contributed by atoms with Crippen molar-refractivity contribution >= 4 is 23.2 Å². The Morgan fingerprint density at radius 2 is 1.91 bits per heavy atom. The number of fused-ring (bicyclic) bond motifs is 1. The summed E-state index contributed by atoms with van der Waals surface area (Å²) in [4.78, 5) is 16.5. The van der Waals surface area contributed by atoms with E-state index in [4.69, 9.17) is 16.3 Å². The molecule has 0 atom stereocenters. The first-order valence-corrected chi connectivity index (χ1v) is 11.4. The highest BCUT2D eigenvalue weighted by Gasteiger charge is 2.50. The van der Waals surface area contributed by atoms with Crippen molar-refractivity contribution in [2.45, 2.75) is 63.1 Å². The van der Waals surface area contributed by atoms with E-state index in [0.29, 0.717) is 13.2 Å². The van der Waals surface area contributed by atoms with Crippen LogP contribution in [0.5, 0.6) is 0 Å². The van der Waals surface area contributed by atoms with Gasteiger partial charge < -0.3 is 14.5 Å². The number of imidazole rings is 1. The molecule has 1 saturated heterocycles. The van der Waals surface area contributed by atoms with Gasteiger partial charge >= 0.3 is 6.18 Å². The van der Waals surface area contributed by atoms with Crippen LogP contribution in [0.25, 0.3) is 5.65 Å². The number of pyridine rings is 1. The minimum Gasteiger partial charge on any atom is -0.380 e. The summed E-state index contributed by atoms with van der Waals surface area (Å²) in [7, 11) is 0. The van der Waals surface area contributed by atoms with E-state index in [0.717, 1.165) is 12.8 Å². The van der Waals surface area contributed by atoms with Crippen LogP contribution in [0.2, 0.25) is 5.02 Å². The maximum absolute atomic E-state index is 13.7. The van der Waals surface area contributed by atoms with E-state index in [1.54, 1.807) is 0 Å². The molecule has 180 valence electrons. The first kappa shape index (κ1) is 22.8. The number of nitrogens with one attached hydrogen (secondary N) is 1. The van der Waals surface area contributed by atoms with E-state index in [1.807, 2.05) is 0 Å². The molecule has 33 heavy (non-hydrogen) atoms. The van der Waals surface area contributed by atoms with Gasteiger partial charge in [0.15, 0.2) is 5.69 Å². The number of alkyl halides is 5. The number of carbonyl (C=O) groups is 1. The van der Waals surface area contributed by atoms with Gasteiger partial charge in [-0.2, -0.15) is 13.2 Å². The fourth-order valence-electron chi connectivity index (χ4n) is 5.26. The molecule has 0 unspecified atom stereocenters. The number of rotatable bonds is 4. The summed E-state index contributed by atoms with van der Waals surface area (Å²) in [6.45, 7) is 1.36. The van der Waals surface area contributed by atoms with Gasteiger partial charge in [0.05, 0.1) is 29.5 Å². The molecule has 0 aromatic carbocycles. The van der Waals surface area contributed by atoms with Crippen molar-refractivity contribution in [2.75, 3.05) is 13.2 Å². The molecule has 0 bridgehead atoms. The standard InChI is InChI=1S/C22H23ClF5N3O2/c23-15-9-31-16(5-12-1-3-21(24,25)4-2-12)18(22(26,27)28)30-17(31)6-14(15)19(32)29-13-7-20(8-13)10-33-11-20/h6,9,12-13H,1-5,7-8,10-11H2,(H,29,32). The molecule has 0 radical (unpaired) electrons. The number of nitrogens with zero attached hydrogens (tertiary/aromatic N) is 2. The number of carbonyl (C=O) groups excluding carboxylic acids is 1. The highest BCUT2D eigenvalue weighted by molar-refractivity contribution is 6.33. The number of aromatic nitrogens is 2. The minimum atomic E-state index is -4.72. The Labute approximate surface area is 191 Å². The molecule has 1 aliphatic heterocycles. The first-order chi connectivity index (χ1) is 15.4. The molecule has 5 nitrogen and oxygen atoms in total. The second kappa shape index (κ2) is 7.80. The average Bonchev–Trinajstić information content (AvgIpc) is 3.01. The Morgan fingerprint density at radius 3 is 2.48 bits per heavy atom. The number of hydrogen-bond acceptors (Lipinski definition) is 3. The molecule has 2 aromatic rings. The summed E-state index contributed by atoms with van der Waals surface area (Å²) in [5.74, 6) is -3.54. The third-order valence-electron chi connectivity index (χ3n) is 7.15. The van der Waals surface area contributed by atoms with Crippen molar-refractivity contribution < 1.29 is 31.5 Å². The van der Waals surface area contributed by atoms with Crippen molar-refractivity contribution in [2.24, 2.45) is 11.3 Å². The predicted octanol–water partition coefficient (Wildman–Crippen LogP) is 5.28. The Hall–Kier alpha value is -1.94. The van der Waals surface area contributed by atoms with Crippen molar-refractivity contribution in [3.05, 3.63) is 34.2 Å². The van der Waals surface area contributed by atoms with Crippen LogP contribution in [0.4, 0.5) is 22.0 Å². The minimum absolute atomic E-state index is 0.00330.